The largest absolute Gasteiger partial charge is 0.396 e. The number of benzene rings is 1. The van der Waals surface area contributed by atoms with E-state index in [4.69, 9.17) is 0 Å². The monoisotopic (exact) mass is 382 g/mol. The molecule has 0 radical (unpaired) electrons. The average molecular weight is 383 g/mol. The zero-order chi connectivity index (χ0) is 18.7. The first-order chi connectivity index (χ1) is 11.9. The smallest absolute Gasteiger partial charge is 0.215 e. The number of hydrogen-bond donors (Lipinski definition) is 3. The third-order valence-corrected chi connectivity index (χ3v) is 12.4. The fourth-order valence-electron chi connectivity index (χ4n) is 3.78. The molecule has 1 aromatic carbocycles. The number of aromatic nitrogens is 1. The molecule has 0 unspecified atom stereocenters. The van der Waals surface area contributed by atoms with Crippen molar-refractivity contribution in [3.05, 3.63) is 29.3 Å². The molecule has 3 N–H and O–H groups in total. The molecule has 0 aliphatic rings. The van der Waals surface area contributed by atoms with E-state index in [0.29, 0.717) is 6.42 Å². The first-order valence-corrected chi connectivity index (χ1v) is 13.3. The molecular formula is C18H30N2O3SSi. The number of H-pyrrole nitrogens is 1. The van der Waals surface area contributed by atoms with Crippen molar-refractivity contribution in [3.8, 4) is 0 Å². The minimum atomic E-state index is -3.30. The van der Waals surface area contributed by atoms with Crippen molar-refractivity contribution in [2.75, 3.05) is 13.7 Å². The standard InChI is InChI=1S/C18H30N2O3SSi/c1-5-25(6-2,7-3)18-15(10-11-21)16-12-14(8-9-17(16)20-18)13-24(22,23)19-4/h8-9,12,19-21H,5-7,10-11,13H2,1-4H3. The molecule has 7 heteroatoms. The Kier molecular flexibility index (Phi) is 6.48. The second-order valence-corrected chi connectivity index (χ2v) is 13.7. The van der Waals surface area contributed by atoms with E-state index in [2.05, 4.69) is 30.5 Å². The van der Waals surface area contributed by atoms with E-state index >= 15 is 0 Å². The van der Waals surface area contributed by atoms with Crippen LogP contribution in [-0.4, -0.2) is 40.2 Å². The molecule has 0 saturated carbocycles. The van der Waals surface area contributed by atoms with Gasteiger partial charge in [-0.1, -0.05) is 45.0 Å². The normalized spacial score (nSPS) is 12.8. The minimum Gasteiger partial charge on any atom is -0.396 e. The van der Waals surface area contributed by atoms with Gasteiger partial charge in [-0.05, 0) is 36.7 Å². The molecule has 140 valence electrons. The summed E-state index contributed by atoms with van der Waals surface area (Å²) >= 11 is 0. The maximum absolute atomic E-state index is 11.9. The van der Waals surface area contributed by atoms with Crippen LogP contribution in [-0.2, 0) is 22.2 Å². The zero-order valence-corrected chi connectivity index (χ0v) is 17.5. The summed E-state index contributed by atoms with van der Waals surface area (Å²) in [5.41, 5.74) is 2.98. The van der Waals surface area contributed by atoms with Gasteiger partial charge in [-0.15, -0.1) is 0 Å². The van der Waals surface area contributed by atoms with Gasteiger partial charge in [0.05, 0.1) is 5.75 Å². The highest BCUT2D eigenvalue weighted by molar-refractivity contribution is 7.88. The van der Waals surface area contributed by atoms with Gasteiger partial charge in [-0.3, -0.25) is 0 Å². The lowest BCUT2D eigenvalue weighted by Crippen LogP contribution is -2.48. The lowest BCUT2D eigenvalue weighted by atomic mass is 10.1. The van der Waals surface area contributed by atoms with Gasteiger partial charge in [0.15, 0.2) is 0 Å². The topological polar surface area (TPSA) is 82.2 Å². The fourth-order valence-corrected chi connectivity index (χ4v) is 8.40. The summed E-state index contributed by atoms with van der Waals surface area (Å²) in [7, 11) is -3.50. The van der Waals surface area contributed by atoms with Gasteiger partial charge in [-0.25, -0.2) is 13.1 Å². The van der Waals surface area contributed by atoms with Crippen LogP contribution < -0.4 is 10.0 Å². The summed E-state index contributed by atoms with van der Waals surface area (Å²) < 4.78 is 26.1. The maximum atomic E-state index is 11.9. The van der Waals surface area contributed by atoms with Crippen LogP contribution in [0.2, 0.25) is 18.1 Å². The Morgan fingerprint density at radius 3 is 2.32 bits per heavy atom. The number of fused-ring (bicyclic) bond motifs is 1. The highest BCUT2D eigenvalue weighted by atomic mass is 32.2. The number of rotatable bonds is 9. The van der Waals surface area contributed by atoms with Crippen LogP contribution in [0.3, 0.4) is 0 Å². The molecule has 0 amide bonds. The number of aliphatic hydroxyl groups is 1. The first-order valence-electron chi connectivity index (χ1n) is 9.02. The third kappa shape index (κ3) is 4.00. The highest BCUT2D eigenvalue weighted by Crippen LogP contribution is 2.27. The van der Waals surface area contributed by atoms with E-state index in [9.17, 15) is 13.5 Å². The van der Waals surface area contributed by atoms with Crippen LogP contribution in [0.5, 0.6) is 0 Å². The summed E-state index contributed by atoms with van der Waals surface area (Å²) in [5, 5.41) is 12.0. The SMILES string of the molecule is CC[Si](CC)(CC)c1[nH]c2ccc(CS(=O)(=O)NC)cc2c1CCO. The third-order valence-electron chi connectivity index (χ3n) is 5.56. The van der Waals surface area contributed by atoms with Crippen molar-refractivity contribution >= 4 is 34.3 Å². The lowest BCUT2D eigenvalue weighted by molar-refractivity contribution is 0.300. The number of sulfonamides is 1. The quantitative estimate of drug-likeness (QED) is 0.583. The van der Waals surface area contributed by atoms with Crippen molar-refractivity contribution in [2.45, 2.75) is 51.1 Å². The van der Waals surface area contributed by atoms with Crippen molar-refractivity contribution in [1.29, 1.82) is 0 Å². The number of aromatic amines is 1. The maximum Gasteiger partial charge on any atom is 0.215 e. The molecule has 2 rings (SSSR count). The molecule has 5 nitrogen and oxygen atoms in total. The Morgan fingerprint density at radius 2 is 1.80 bits per heavy atom. The summed E-state index contributed by atoms with van der Waals surface area (Å²) in [6.45, 7) is 6.88. The van der Waals surface area contributed by atoms with Crippen LogP contribution >= 0.6 is 0 Å². The van der Waals surface area contributed by atoms with Crippen molar-refractivity contribution in [2.24, 2.45) is 0 Å². The Morgan fingerprint density at radius 1 is 1.16 bits per heavy atom. The molecular weight excluding hydrogens is 352 g/mol. The molecule has 0 spiro atoms. The van der Waals surface area contributed by atoms with Gasteiger partial charge in [0, 0.05) is 22.8 Å². The zero-order valence-electron chi connectivity index (χ0n) is 15.6. The van der Waals surface area contributed by atoms with Gasteiger partial charge in [0.1, 0.15) is 8.07 Å². The molecule has 0 fully saturated rings. The van der Waals surface area contributed by atoms with E-state index < -0.39 is 18.1 Å². The van der Waals surface area contributed by atoms with E-state index in [1.54, 1.807) is 0 Å². The predicted molar refractivity (Wildman–Crippen MR) is 108 cm³/mol. The Labute approximate surface area is 151 Å². The molecule has 0 aliphatic carbocycles. The van der Waals surface area contributed by atoms with Gasteiger partial charge >= 0.3 is 0 Å². The summed E-state index contributed by atoms with van der Waals surface area (Å²) in [6, 6.07) is 9.29. The highest BCUT2D eigenvalue weighted by Gasteiger charge is 2.33. The molecule has 1 aromatic heterocycles. The van der Waals surface area contributed by atoms with E-state index in [1.165, 1.54) is 17.9 Å². The van der Waals surface area contributed by atoms with Crippen LogP contribution in [0, 0.1) is 0 Å². The van der Waals surface area contributed by atoms with Crippen LogP contribution in [0.1, 0.15) is 31.9 Å². The molecule has 0 bridgehead atoms. The van der Waals surface area contributed by atoms with Gasteiger partial charge in [0.25, 0.3) is 0 Å². The molecule has 0 aliphatic heterocycles. The van der Waals surface area contributed by atoms with Gasteiger partial charge < -0.3 is 10.1 Å². The summed E-state index contributed by atoms with van der Waals surface area (Å²) in [6.07, 6.45) is 0.603. The van der Waals surface area contributed by atoms with Crippen LogP contribution in [0.25, 0.3) is 10.9 Å². The Balaban J connectivity index is 2.64. The van der Waals surface area contributed by atoms with E-state index in [-0.39, 0.29) is 12.4 Å². The molecule has 2 aromatic rings. The van der Waals surface area contributed by atoms with Crippen molar-refractivity contribution < 1.29 is 13.5 Å². The second-order valence-electron chi connectivity index (χ2n) is 6.64. The van der Waals surface area contributed by atoms with E-state index in [0.717, 1.165) is 34.6 Å². The number of nitrogens with one attached hydrogen (secondary N) is 2. The van der Waals surface area contributed by atoms with Crippen molar-refractivity contribution in [3.63, 3.8) is 0 Å². The van der Waals surface area contributed by atoms with Gasteiger partial charge in [-0.2, -0.15) is 0 Å². The summed E-state index contributed by atoms with van der Waals surface area (Å²) in [5.74, 6) is -0.0313. The van der Waals surface area contributed by atoms with Crippen LogP contribution in [0.15, 0.2) is 18.2 Å². The van der Waals surface area contributed by atoms with Crippen LogP contribution in [0.4, 0.5) is 0 Å². The number of aliphatic hydroxyl groups excluding tert-OH is 1. The number of hydrogen-bond acceptors (Lipinski definition) is 3. The molecule has 0 saturated heterocycles. The molecule has 0 atom stereocenters. The molecule has 1 heterocycles. The predicted octanol–water partition coefficient (Wildman–Crippen LogP) is 2.47. The lowest BCUT2D eigenvalue weighted by Gasteiger charge is -2.28. The average Bonchev–Trinajstić information content (AvgIpc) is 2.96. The second kappa shape index (κ2) is 8.03. The Hall–Kier alpha value is -1.15. The Bertz CT molecular complexity index is 818. The molecule has 25 heavy (non-hydrogen) atoms. The van der Waals surface area contributed by atoms with Gasteiger partial charge in [0.2, 0.25) is 10.0 Å². The van der Waals surface area contributed by atoms with Crippen molar-refractivity contribution in [1.82, 2.24) is 9.71 Å². The summed E-state index contributed by atoms with van der Waals surface area (Å²) in [4.78, 5) is 3.63. The minimum absolute atomic E-state index is 0.0313. The fraction of sp³-hybridized carbons (Fsp3) is 0.556. The van der Waals surface area contributed by atoms with E-state index in [1.807, 2.05) is 18.2 Å². The first kappa shape index (κ1) is 20.2.